The van der Waals surface area contributed by atoms with E-state index in [2.05, 4.69) is 22.0 Å². The summed E-state index contributed by atoms with van der Waals surface area (Å²) in [4.78, 5) is 54.7. The van der Waals surface area contributed by atoms with E-state index in [0.717, 1.165) is 31.2 Å². The van der Waals surface area contributed by atoms with Crippen molar-refractivity contribution in [2.75, 3.05) is 39.5 Å². The molecule has 11 nitrogen and oxygen atoms in total. The number of ether oxygens (including phenoxy) is 2. The van der Waals surface area contributed by atoms with E-state index in [1.165, 1.54) is 0 Å². The molecule has 0 aromatic heterocycles. The predicted molar refractivity (Wildman–Crippen MR) is 150 cm³/mol. The minimum Gasteiger partial charge on any atom is -0.379 e. The molecule has 1 aromatic rings. The summed E-state index contributed by atoms with van der Waals surface area (Å²) < 4.78 is 10.7. The van der Waals surface area contributed by atoms with E-state index in [1.807, 2.05) is 4.90 Å². The molecule has 4 rings (SSSR count). The smallest absolute Gasteiger partial charge is 0.243 e. The highest BCUT2D eigenvalue weighted by Gasteiger charge is 2.50. The van der Waals surface area contributed by atoms with Gasteiger partial charge in [-0.15, -0.1) is 0 Å². The van der Waals surface area contributed by atoms with E-state index in [1.54, 1.807) is 38.1 Å². The van der Waals surface area contributed by atoms with Gasteiger partial charge in [-0.2, -0.15) is 5.26 Å². The van der Waals surface area contributed by atoms with Crippen LogP contribution in [0.25, 0.3) is 0 Å². The summed E-state index contributed by atoms with van der Waals surface area (Å²) in [6.07, 6.45) is 4.94. The summed E-state index contributed by atoms with van der Waals surface area (Å²) in [6, 6.07) is 6.24. The number of Topliss-reactive ketones (excluding diaryl/α,β-unsaturated/α-hetero) is 1. The number of rotatable bonds is 13. The predicted octanol–water partition coefficient (Wildman–Crippen LogP) is 0.846. The lowest BCUT2D eigenvalue weighted by atomic mass is 9.90. The number of epoxide rings is 1. The lowest BCUT2D eigenvalue weighted by Gasteiger charge is -2.27. The second-order valence-electron chi connectivity index (χ2n) is 11.6. The number of carbonyl (C=O) groups excluding carboxylic acids is 4. The lowest BCUT2D eigenvalue weighted by molar-refractivity contribution is -0.134. The molecule has 1 saturated carbocycles. The van der Waals surface area contributed by atoms with Gasteiger partial charge in [0.2, 0.25) is 17.7 Å². The molecule has 2 saturated heterocycles. The van der Waals surface area contributed by atoms with Crippen molar-refractivity contribution in [2.24, 2.45) is 5.92 Å². The highest BCUT2D eigenvalue weighted by Crippen LogP contribution is 2.33. The van der Waals surface area contributed by atoms with E-state index in [4.69, 9.17) is 14.7 Å². The van der Waals surface area contributed by atoms with Gasteiger partial charge < -0.3 is 25.4 Å². The molecular weight excluding hydrogens is 526 g/mol. The van der Waals surface area contributed by atoms with E-state index in [9.17, 15) is 19.2 Å². The van der Waals surface area contributed by atoms with Crippen LogP contribution in [-0.2, 0) is 35.1 Å². The van der Waals surface area contributed by atoms with Crippen molar-refractivity contribution in [2.45, 2.75) is 76.1 Å². The highest BCUT2D eigenvalue weighted by molar-refractivity contribution is 5.98. The Morgan fingerprint density at radius 3 is 2.27 bits per heavy atom. The average molecular weight is 568 g/mol. The van der Waals surface area contributed by atoms with Gasteiger partial charge in [0.15, 0.2) is 5.78 Å². The number of hydrogen-bond acceptors (Lipinski definition) is 8. The Morgan fingerprint density at radius 1 is 1.02 bits per heavy atom. The first-order valence-corrected chi connectivity index (χ1v) is 14.5. The van der Waals surface area contributed by atoms with E-state index in [-0.39, 0.29) is 24.7 Å². The number of nitrogens with zero attached hydrogens (tertiary/aromatic N) is 2. The number of morpholine rings is 1. The van der Waals surface area contributed by atoms with Gasteiger partial charge in [0.05, 0.1) is 44.0 Å². The number of nitriles is 1. The number of benzene rings is 1. The Kier molecular flexibility index (Phi) is 10.5. The lowest BCUT2D eigenvalue weighted by Crippen LogP contribution is -2.57. The van der Waals surface area contributed by atoms with Crippen LogP contribution >= 0.6 is 0 Å². The van der Waals surface area contributed by atoms with Crippen molar-refractivity contribution in [1.29, 1.82) is 5.26 Å². The van der Waals surface area contributed by atoms with Crippen molar-refractivity contribution in [3.8, 4) is 6.07 Å². The molecule has 2 heterocycles. The van der Waals surface area contributed by atoms with Crippen molar-refractivity contribution in [3.05, 3.63) is 35.4 Å². The quantitative estimate of drug-likeness (QED) is 0.297. The number of nitrogens with one attached hydrogen (secondary N) is 3. The molecule has 4 unspecified atom stereocenters. The summed E-state index contributed by atoms with van der Waals surface area (Å²) in [5, 5.41) is 17.6. The third-order valence-corrected chi connectivity index (χ3v) is 8.17. The van der Waals surface area contributed by atoms with E-state index in [0.29, 0.717) is 50.8 Å². The highest BCUT2D eigenvalue weighted by atomic mass is 16.6. The van der Waals surface area contributed by atoms with Crippen LogP contribution in [-0.4, -0.2) is 91.6 Å². The first-order chi connectivity index (χ1) is 19.7. The van der Waals surface area contributed by atoms with Crippen LogP contribution in [0.4, 0.5) is 0 Å². The Bertz CT molecular complexity index is 1130. The van der Waals surface area contributed by atoms with Crippen molar-refractivity contribution >= 4 is 23.5 Å². The average Bonchev–Trinajstić information content (AvgIpc) is 3.51. The molecule has 41 heavy (non-hydrogen) atoms. The molecule has 3 amide bonds. The summed E-state index contributed by atoms with van der Waals surface area (Å²) in [5.74, 6) is -1.08. The third kappa shape index (κ3) is 8.83. The summed E-state index contributed by atoms with van der Waals surface area (Å²) in [6.45, 7) is 6.20. The zero-order valence-corrected chi connectivity index (χ0v) is 23.9. The van der Waals surface area contributed by atoms with Crippen LogP contribution in [0.15, 0.2) is 24.3 Å². The summed E-state index contributed by atoms with van der Waals surface area (Å²) in [7, 11) is 0. The van der Waals surface area contributed by atoms with Crippen molar-refractivity contribution in [1.82, 2.24) is 20.9 Å². The summed E-state index contributed by atoms with van der Waals surface area (Å²) >= 11 is 0. The molecule has 0 bridgehead atoms. The van der Waals surface area contributed by atoms with Gasteiger partial charge in [0.1, 0.15) is 17.7 Å². The molecule has 3 aliphatic rings. The molecule has 11 heteroatoms. The molecule has 0 radical (unpaired) electrons. The Balaban J connectivity index is 1.44. The maximum atomic E-state index is 13.7. The van der Waals surface area contributed by atoms with E-state index >= 15 is 0 Å². The van der Waals surface area contributed by atoms with Crippen molar-refractivity contribution < 1.29 is 28.7 Å². The van der Waals surface area contributed by atoms with Crippen LogP contribution < -0.4 is 16.0 Å². The van der Waals surface area contributed by atoms with Crippen LogP contribution in [0.5, 0.6) is 0 Å². The fourth-order valence-electron chi connectivity index (χ4n) is 5.47. The molecule has 3 N–H and O–H groups in total. The minimum atomic E-state index is -0.999. The topological polar surface area (TPSA) is 153 Å². The fraction of sp³-hybridized carbons (Fsp3) is 0.633. The molecule has 1 aliphatic carbocycles. The van der Waals surface area contributed by atoms with Gasteiger partial charge in [-0.1, -0.05) is 37.8 Å². The monoisotopic (exact) mass is 567 g/mol. The zero-order chi connectivity index (χ0) is 29.4. The second kappa shape index (κ2) is 14.0. The van der Waals surface area contributed by atoms with Gasteiger partial charge in [0.25, 0.3) is 0 Å². The van der Waals surface area contributed by atoms with Gasteiger partial charge in [-0.05, 0) is 43.9 Å². The second-order valence-corrected chi connectivity index (χ2v) is 11.6. The molecule has 4 atom stereocenters. The van der Waals surface area contributed by atoms with Gasteiger partial charge in [-0.3, -0.25) is 24.1 Å². The van der Waals surface area contributed by atoms with Crippen molar-refractivity contribution in [3.63, 3.8) is 0 Å². The Morgan fingerprint density at radius 2 is 1.66 bits per heavy atom. The molecule has 1 aromatic carbocycles. The fourth-order valence-corrected chi connectivity index (χ4v) is 5.47. The standard InChI is InChI=1S/C30H41N5O6/c1-20(32-26(36)18-35-11-13-40-14-12-35)28(38)34-25(16-22-7-9-23(17-31)10-8-22)29(39)33-24(15-21-5-3-4-6-21)27(37)30(2)19-41-30/h7-10,20-21,24-25H,3-6,11-16,18-19H2,1-2H3,(H,32,36)(H,33,39)(H,34,38). The Hall–Kier alpha value is -3.33. The maximum Gasteiger partial charge on any atom is 0.243 e. The first-order valence-electron chi connectivity index (χ1n) is 14.5. The van der Waals surface area contributed by atoms with Gasteiger partial charge in [0, 0.05) is 19.5 Å². The van der Waals surface area contributed by atoms with Crippen LogP contribution in [0.2, 0.25) is 0 Å². The third-order valence-electron chi connectivity index (χ3n) is 8.17. The largest absolute Gasteiger partial charge is 0.379 e. The number of hydrogen-bond donors (Lipinski definition) is 3. The maximum absolute atomic E-state index is 13.7. The molecule has 2 aliphatic heterocycles. The Labute approximate surface area is 241 Å². The number of carbonyl (C=O) groups is 4. The van der Waals surface area contributed by atoms with Crippen LogP contribution in [0, 0.1) is 17.2 Å². The minimum absolute atomic E-state index is 0.148. The molecular formula is C30H41N5O6. The van der Waals surface area contributed by atoms with E-state index < -0.39 is 35.5 Å². The summed E-state index contributed by atoms with van der Waals surface area (Å²) in [5.41, 5.74) is 0.335. The SMILES string of the molecule is CC(NC(=O)CN1CCOCC1)C(=O)NC(Cc1ccc(C#N)cc1)C(=O)NC(CC1CCCC1)C(=O)C1(C)CO1. The van der Waals surface area contributed by atoms with Gasteiger partial charge >= 0.3 is 0 Å². The molecule has 3 fully saturated rings. The number of amides is 3. The first kappa shape index (κ1) is 30.6. The normalized spacial score (nSPS) is 23.0. The van der Waals surface area contributed by atoms with Crippen LogP contribution in [0.3, 0.4) is 0 Å². The van der Waals surface area contributed by atoms with Crippen LogP contribution in [0.1, 0.15) is 57.1 Å². The zero-order valence-electron chi connectivity index (χ0n) is 23.9. The molecule has 222 valence electrons. The van der Waals surface area contributed by atoms with Gasteiger partial charge in [-0.25, -0.2) is 0 Å². The molecule has 0 spiro atoms. The number of ketones is 1.